The quantitative estimate of drug-likeness (QED) is 0.0703. The van der Waals surface area contributed by atoms with E-state index in [4.69, 9.17) is 51.6 Å². The Balaban J connectivity index is 0.000000687. The third-order valence-electron chi connectivity index (χ3n) is 5.64. The normalized spacial score (nSPS) is 10.7. The number of nitrogens with two attached hydrogens (primary N) is 2. The Labute approximate surface area is 267 Å². The van der Waals surface area contributed by atoms with E-state index < -0.39 is 42.8 Å². The lowest BCUT2D eigenvalue weighted by Crippen LogP contribution is -2.21. The summed E-state index contributed by atoms with van der Waals surface area (Å²) in [4.78, 5) is 45.6. The second kappa shape index (κ2) is 17.7. The van der Waals surface area contributed by atoms with Crippen molar-refractivity contribution in [3.8, 4) is 0 Å². The Morgan fingerprint density at radius 3 is 1.77 bits per heavy atom. The zero-order valence-electron chi connectivity index (χ0n) is 24.8. The number of carboxylic acids is 2. The molecule has 1 aromatic heterocycles. The van der Waals surface area contributed by atoms with E-state index in [-0.39, 0.29) is 18.3 Å². The number of nitrogens with one attached hydrogen (secondary N) is 3. The number of aliphatic carboxylic acids is 2. The number of nitrogen functional groups attached to an aromatic ring is 2. The summed E-state index contributed by atoms with van der Waals surface area (Å²) in [5.74, 6) is -6.84. The van der Waals surface area contributed by atoms with Crippen LogP contribution >= 0.6 is 0 Å². The van der Waals surface area contributed by atoms with Crippen molar-refractivity contribution in [2.45, 2.75) is 32.1 Å². The van der Waals surface area contributed by atoms with Gasteiger partial charge in [0.15, 0.2) is 6.61 Å². The molecule has 3 aromatic rings. The first-order valence-electron chi connectivity index (χ1n) is 13.2. The Bertz CT molecular complexity index is 1600. The smallest absolute Gasteiger partial charge is 0.475 e. The van der Waals surface area contributed by atoms with Gasteiger partial charge in [-0.1, -0.05) is 42.5 Å². The number of carbonyl (C=O) groups excluding carboxylic acids is 2. The van der Waals surface area contributed by atoms with Crippen molar-refractivity contribution < 1.29 is 65.2 Å². The molecule has 0 amide bonds. The van der Waals surface area contributed by atoms with Gasteiger partial charge in [-0.05, 0) is 36.1 Å². The maximum Gasteiger partial charge on any atom is 0.490 e. The molecular weight excluding hydrogens is 660 g/mol. The maximum absolute atomic E-state index is 13.0. The van der Waals surface area contributed by atoms with E-state index in [2.05, 4.69) is 4.98 Å². The molecule has 0 bridgehead atoms. The lowest BCUT2D eigenvalue weighted by atomic mass is 9.98. The van der Waals surface area contributed by atoms with Crippen LogP contribution in [0.1, 0.15) is 50.8 Å². The highest BCUT2D eigenvalue weighted by Crippen LogP contribution is 2.23. The number of carbonyl (C=O) groups is 4. The Morgan fingerprint density at radius 1 is 0.792 bits per heavy atom. The standard InChI is InChI=1S/C25H27N5O4.2C2HF3O2/c1-2-33-21(31)14-34-25(32)22-19(10-15-6-8-17(9-7-15)23(26)27)13-30-20(22)12-16-4-3-5-18(11-16)24(28)29;2*3-2(4,5)1(6)7/h3-9,11,13,30H,2,10,12,14H2,1H3,(H3,26,27)(H3,28,29);2*(H,6,7). The van der Waals surface area contributed by atoms with E-state index in [1.807, 2.05) is 18.2 Å². The van der Waals surface area contributed by atoms with Gasteiger partial charge in [-0.15, -0.1) is 0 Å². The van der Waals surface area contributed by atoms with Crippen LogP contribution in [0, 0.1) is 10.8 Å². The van der Waals surface area contributed by atoms with Crippen LogP contribution in [-0.4, -0.2) is 76.3 Å². The van der Waals surface area contributed by atoms with Crippen molar-refractivity contribution in [2.75, 3.05) is 13.2 Å². The molecule has 0 aliphatic heterocycles. The molecule has 0 aliphatic rings. The summed E-state index contributed by atoms with van der Waals surface area (Å²) in [5.41, 5.74) is 15.7. The van der Waals surface area contributed by atoms with E-state index in [1.54, 1.807) is 43.5 Å². The van der Waals surface area contributed by atoms with Crippen molar-refractivity contribution in [3.05, 3.63) is 93.8 Å². The number of hydrogen-bond acceptors (Lipinski definition) is 8. The topological polar surface area (TPSA) is 243 Å². The molecule has 3 rings (SSSR count). The maximum atomic E-state index is 13.0. The number of H-pyrrole nitrogens is 1. The first-order valence-corrected chi connectivity index (χ1v) is 13.2. The fourth-order valence-electron chi connectivity index (χ4n) is 3.52. The third-order valence-corrected chi connectivity index (χ3v) is 5.64. The van der Waals surface area contributed by atoms with Crippen LogP contribution in [0.5, 0.6) is 0 Å². The second-order valence-corrected chi connectivity index (χ2v) is 9.23. The Hall–Kier alpha value is -5.88. The van der Waals surface area contributed by atoms with Crippen molar-refractivity contribution in [1.29, 1.82) is 10.8 Å². The highest BCUT2D eigenvalue weighted by atomic mass is 19.4. The largest absolute Gasteiger partial charge is 0.490 e. The molecule has 0 spiro atoms. The van der Waals surface area contributed by atoms with Crippen molar-refractivity contribution in [2.24, 2.45) is 11.5 Å². The molecule has 0 saturated carbocycles. The van der Waals surface area contributed by atoms with Crippen molar-refractivity contribution in [3.63, 3.8) is 0 Å². The molecule has 48 heavy (non-hydrogen) atoms. The first kappa shape index (κ1) is 40.1. The van der Waals surface area contributed by atoms with E-state index in [0.717, 1.165) is 11.1 Å². The molecule has 0 radical (unpaired) electrons. The van der Waals surface area contributed by atoms with Crippen LogP contribution in [-0.2, 0) is 36.7 Å². The molecule has 2 aromatic carbocycles. The van der Waals surface area contributed by atoms with E-state index >= 15 is 0 Å². The van der Waals surface area contributed by atoms with Crippen LogP contribution < -0.4 is 11.5 Å². The Kier molecular flexibility index (Phi) is 14.8. The summed E-state index contributed by atoms with van der Waals surface area (Å²) in [6.45, 7) is 1.39. The van der Waals surface area contributed by atoms with Gasteiger partial charge in [-0.25, -0.2) is 19.2 Å². The van der Waals surface area contributed by atoms with Crippen molar-refractivity contribution >= 4 is 35.5 Å². The van der Waals surface area contributed by atoms with Gasteiger partial charge in [0, 0.05) is 29.4 Å². The van der Waals surface area contributed by atoms with Crippen LogP contribution in [0.15, 0.2) is 54.7 Å². The number of halogens is 6. The van der Waals surface area contributed by atoms with Gasteiger partial charge in [0.1, 0.15) is 11.7 Å². The molecule has 9 N–H and O–H groups in total. The number of alkyl halides is 6. The zero-order valence-corrected chi connectivity index (χ0v) is 24.8. The minimum atomic E-state index is -5.08. The van der Waals surface area contributed by atoms with E-state index in [9.17, 15) is 35.9 Å². The monoisotopic (exact) mass is 689 g/mol. The van der Waals surface area contributed by atoms with Crippen LogP contribution in [0.25, 0.3) is 0 Å². The van der Waals surface area contributed by atoms with Crippen LogP contribution in [0.4, 0.5) is 26.3 Å². The lowest BCUT2D eigenvalue weighted by molar-refractivity contribution is -0.193. The molecule has 0 fully saturated rings. The van der Waals surface area contributed by atoms with Gasteiger partial charge in [0.25, 0.3) is 0 Å². The average Bonchev–Trinajstić information content (AvgIpc) is 3.37. The molecule has 0 unspecified atom stereocenters. The minimum absolute atomic E-state index is 0.0218. The molecule has 0 saturated heterocycles. The predicted octanol–water partition coefficient (Wildman–Crippen LogP) is 3.75. The first-order chi connectivity index (χ1) is 22.2. The van der Waals surface area contributed by atoms with Gasteiger partial charge in [0.05, 0.1) is 12.2 Å². The van der Waals surface area contributed by atoms with Gasteiger partial charge in [-0.2, -0.15) is 26.3 Å². The average molecular weight is 690 g/mol. The second-order valence-electron chi connectivity index (χ2n) is 9.23. The van der Waals surface area contributed by atoms with Gasteiger partial charge >= 0.3 is 36.2 Å². The Morgan fingerprint density at radius 2 is 1.31 bits per heavy atom. The van der Waals surface area contributed by atoms with Crippen LogP contribution in [0.2, 0.25) is 0 Å². The highest BCUT2D eigenvalue weighted by Gasteiger charge is 2.38. The number of ether oxygens (including phenoxy) is 2. The van der Waals surface area contributed by atoms with Gasteiger partial charge in [-0.3, -0.25) is 10.8 Å². The number of amidine groups is 2. The summed E-state index contributed by atoms with van der Waals surface area (Å²) in [5, 5.41) is 29.4. The summed E-state index contributed by atoms with van der Waals surface area (Å²) in [6.07, 6.45) is -7.63. The zero-order chi connectivity index (χ0) is 36.8. The summed E-state index contributed by atoms with van der Waals surface area (Å²) >= 11 is 0. The predicted molar refractivity (Wildman–Crippen MR) is 156 cm³/mol. The fourth-order valence-corrected chi connectivity index (χ4v) is 3.52. The molecule has 19 heteroatoms. The van der Waals surface area contributed by atoms with Crippen LogP contribution in [0.3, 0.4) is 0 Å². The highest BCUT2D eigenvalue weighted by molar-refractivity contribution is 5.96. The number of benzene rings is 2. The summed E-state index contributed by atoms with van der Waals surface area (Å²) < 4.78 is 73.6. The lowest BCUT2D eigenvalue weighted by Gasteiger charge is -2.10. The number of aromatic nitrogens is 1. The SMILES string of the molecule is CCOC(=O)COC(=O)c1c(Cc2ccc(C(=N)N)cc2)c[nH]c1Cc1cccc(C(=N)N)c1.O=C(O)C(F)(F)F.O=C(O)C(F)(F)F. The number of carboxylic acid groups (broad SMARTS) is 2. The minimum Gasteiger partial charge on any atom is -0.475 e. The number of rotatable bonds is 10. The molecule has 1 heterocycles. The molecule has 0 aliphatic carbocycles. The summed E-state index contributed by atoms with van der Waals surface area (Å²) in [6, 6.07) is 14.4. The summed E-state index contributed by atoms with van der Waals surface area (Å²) in [7, 11) is 0. The number of esters is 2. The van der Waals surface area contributed by atoms with E-state index in [1.165, 1.54) is 0 Å². The van der Waals surface area contributed by atoms with E-state index in [0.29, 0.717) is 40.8 Å². The molecule has 0 atom stereocenters. The fraction of sp³-hybridized carbons (Fsp3) is 0.241. The number of hydrogen-bond donors (Lipinski definition) is 7. The molecule has 13 nitrogen and oxygen atoms in total. The number of aromatic amines is 1. The van der Waals surface area contributed by atoms with Gasteiger partial charge < -0.3 is 36.1 Å². The van der Waals surface area contributed by atoms with Crippen molar-refractivity contribution in [1.82, 2.24) is 4.98 Å². The van der Waals surface area contributed by atoms with Gasteiger partial charge in [0.2, 0.25) is 0 Å². The molecular formula is C29H29F6N5O8. The third kappa shape index (κ3) is 13.6. The molecule has 260 valence electrons.